The van der Waals surface area contributed by atoms with E-state index >= 15 is 0 Å². The highest BCUT2D eigenvalue weighted by molar-refractivity contribution is 5.99. The van der Waals surface area contributed by atoms with Crippen LogP contribution in [0.4, 0.5) is 5.69 Å². The highest BCUT2D eigenvalue weighted by atomic mass is 16.1. The number of aryl methyl sites for hydroxylation is 1. The fourth-order valence-electron chi connectivity index (χ4n) is 1.46. The third kappa shape index (κ3) is 2.60. The first kappa shape index (κ1) is 11.1. The average molecular weight is 231 g/mol. The Balaban J connectivity index is 2.04. The van der Waals surface area contributed by atoms with Crippen LogP contribution in [0.1, 0.15) is 21.7 Å². The van der Waals surface area contributed by atoms with Crippen molar-refractivity contribution in [3.8, 4) is 0 Å². The highest BCUT2D eigenvalue weighted by Gasteiger charge is 2.09. The van der Waals surface area contributed by atoms with Crippen molar-refractivity contribution in [2.75, 3.05) is 5.73 Å². The van der Waals surface area contributed by atoms with E-state index in [2.05, 4.69) is 20.5 Å². The molecule has 0 aliphatic rings. The molecule has 6 nitrogen and oxygen atoms in total. The number of nitrogens with two attached hydrogens (primary N) is 1. The maximum Gasteiger partial charge on any atom is 0.253 e. The average Bonchev–Trinajstić information content (AvgIpc) is 2.78. The number of nitrogens with zero attached hydrogens (tertiary/aromatic N) is 2. The summed E-state index contributed by atoms with van der Waals surface area (Å²) in [5.41, 5.74) is 7.74. The van der Waals surface area contributed by atoms with Gasteiger partial charge in [0.25, 0.3) is 5.91 Å². The molecule has 0 unspecified atom stereocenters. The van der Waals surface area contributed by atoms with Crippen molar-refractivity contribution in [2.24, 2.45) is 0 Å². The third-order valence-corrected chi connectivity index (χ3v) is 2.33. The lowest BCUT2D eigenvalue weighted by Crippen LogP contribution is -2.24. The second-order valence-corrected chi connectivity index (χ2v) is 3.71. The molecule has 0 aliphatic carbocycles. The second kappa shape index (κ2) is 4.65. The zero-order valence-corrected chi connectivity index (χ0v) is 9.40. The molecule has 88 valence electrons. The number of H-pyrrole nitrogens is 1. The highest BCUT2D eigenvalue weighted by Crippen LogP contribution is 2.13. The molecule has 1 heterocycles. The van der Waals surface area contributed by atoms with Gasteiger partial charge in [0.2, 0.25) is 0 Å². The number of carbonyl (C=O) groups is 1. The van der Waals surface area contributed by atoms with E-state index in [1.165, 1.54) is 6.33 Å². The topological polar surface area (TPSA) is 96.7 Å². The molecule has 0 saturated heterocycles. The Morgan fingerprint density at radius 1 is 1.53 bits per heavy atom. The summed E-state index contributed by atoms with van der Waals surface area (Å²) in [7, 11) is 0. The molecular weight excluding hydrogens is 218 g/mol. The molecule has 0 radical (unpaired) electrons. The van der Waals surface area contributed by atoms with Gasteiger partial charge in [0.1, 0.15) is 12.2 Å². The summed E-state index contributed by atoms with van der Waals surface area (Å²) in [6.45, 7) is 2.22. The van der Waals surface area contributed by atoms with E-state index in [-0.39, 0.29) is 5.91 Å². The molecule has 6 heteroatoms. The lowest BCUT2D eigenvalue weighted by atomic mass is 10.1. The Labute approximate surface area is 98.3 Å². The summed E-state index contributed by atoms with van der Waals surface area (Å²) in [6.07, 6.45) is 1.39. The molecule has 1 aromatic carbocycles. The third-order valence-electron chi connectivity index (χ3n) is 2.33. The maximum absolute atomic E-state index is 11.8. The minimum atomic E-state index is -0.223. The van der Waals surface area contributed by atoms with Crippen LogP contribution >= 0.6 is 0 Å². The second-order valence-electron chi connectivity index (χ2n) is 3.71. The summed E-state index contributed by atoms with van der Waals surface area (Å²) in [5, 5.41) is 9.06. The van der Waals surface area contributed by atoms with Crippen LogP contribution in [0.5, 0.6) is 0 Å². The lowest BCUT2D eigenvalue weighted by Gasteiger charge is -2.06. The predicted octanol–water partition coefficient (Wildman–Crippen LogP) is 0.625. The van der Waals surface area contributed by atoms with Crippen molar-refractivity contribution < 1.29 is 4.79 Å². The number of carbonyl (C=O) groups excluding carboxylic acids is 1. The number of nitrogens with one attached hydrogen (secondary N) is 2. The Morgan fingerprint density at radius 3 is 3.00 bits per heavy atom. The van der Waals surface area contributed by atoms with E-state index in [9.17, 15) is 4.79 Å². The molecule has 0 spiro atoms. The molecule has 0 fully saturated rings. The number of aromatic nitrogens is 3. The Bertz CT molecular complexity index is 521. The van der Waals surface area contributed by atoms with Crippen molar-refractivity contribution in [3.63, 3.8) is 0 Å². The first-order chi connectivity index (χ1) is 8.16. The van der Waals surface area contributed by atoms with Gasteiger partial charge in [-0.1, -0.05) is 6.07 Å². The summed E-state index contributed by atoms with van der Waals surface area (Å²) in [4.78, 5) is 15.7. The molecular formula is C11H13N5O. The standard InChI is InChI=1S/C11H13N5O/c1-7-2-3-8(9(12)4-7)11(17)13-5-10-14-6-15-16-10/h2-4,6H,5,12H2,1H3,(H,13,17)(H,14,15,16). The van der Waals surface area contributed by atoms with Gasteiger partial charge in [-0.05, 0) is 24.6 Å². The van der Waals surface area contributed by atoms with E-state index in [4.69, 9.17) is 5.73 Å². The molecule has 4 N–H and O–H groups in total. The number of amides is 1. The number of nitrogen functional groups attached to an aromatic ring is 1. The fraction of sp³-hybridized carbons (Fsp3) is 0.182. The van der Waals surface area contributed by atoms with Crippen molar-refractivity contribution in [3.05, 3.63) is 41.5 Å². The summed E-state index contributed by atoms with van der Waals surface area (Å²) >= 11 is 0. The van der Waals surface area contributed by atoms with Gasteiger partial charge in [0.15, 0.2) is 0 Å². The predicted molar refractivity (Wildman–Crippen MR) is 63.1 cm³/mol. The van der Waals surface area contributed by atoms with Crippen molar-refractivity contribution >= 4 is 11.6 Å². The number of hydrogen-bond donors (Lipinski definition) is 3. The van der Waals surface area contributed by atoms with Gasteiger partial charge in [-0.25, -0.2) is 4.98 Å². The SMILES string of the molecule is Cc1ccc(C(=O)NCc2ncn[nH]2)c(N)c1. The first-order valence-electron chi connectivity index (χ1n) is 5.15. The smallest absolute Gasteiger partial charge is 0.253 e. The fourth-order valence-corrected chi connectivity index (χ4v) is 1.46. The van der Waals surface area contributed by atoms with Crippen molar-refractivity contribution in [1.29, 1.82) is 0 Å². The number of benzene rings is 1. The minimum absolute atomic E-state index is 0.223. The maximum atomic E-state index is 11.8. The van der Waals surface area contributed by atoms with E-state index in [1.54, 1.807) is 12.1 Å². The van der Waals surface area contributed by atoms with Gasteiger partial charge < -0.3 is 11.1 Å². The van der Waals surface area contributed by atoms with Gasteiger partial charge in [-0.2, -0.15) is 5.10 Å². The van der Waals surface area contributed by atoms with Crippen LogP contribution in [0.25, 0.3) is 0 Å². The van der Waals surface area contributed by atoms with E-state index in [0.717, 1.165) is 5.56 Å². The molecule has 2 rings (SSSR count). The van der Waals surface area contributed by atoms with Crippen LogP contribution in [0.2, 0.25) is 0 Å². The molecule has 2 aromatic rings. The number of anilines is 1. The van der Waals surface area contributed by atoms with Gasteiger partial charge >= 0.3 is 0 Å². The molecule has 17 heavy (non-hydrogen) atoms. The van der Waals surface area contributed by atoms with E-state index in [1.807, 2.05) is 13.0 Å². The zero-order chi connectivity index (χ0) is 12.3. The van der Waals surface area contributed by atoms with Crippen LogP contribution in [0.3, 0.4) is 0 Å². The summed E-state index contributed by atoms with van der Waals surface area (Å²) in [5.74, 6) is 0.378. The quantitative estimate of drug-likeness (QED) is 0.675. The van der Waals surface area contributed by atoms with Crippen molar-refractivity contribution in [2.45, 2.75) is 13.5 Å². The summed E-state index contributed by atoms with van der Waals surface area (Å²) in [6, 6.07) is 5.32. The zero-order valence-electron chi connectivity index (χ0n) is 9.40. The molecule has 1 amide bonds. The molecule has 1 aromatic heterocycles. The van der Waals surface area contributed by atoms with E-state index in [0.29, 0.717) is 23.6 Å². The molecule has 0 aliphatic heterocycles. The van der Waals surface area contributed by atoms with Crippen LogP contribution in [-0.2, 0) is 6.54 Å². The monoisotopic (exact) mass is 231 g/mol. The Kier molecular flexibility index (Phi) is 3.04. The number of hydrogen-bond acceptors (Lipinski definition) is 4. The van der Waals surface area contributed by atoms with Gasteiger partial charge in [0.05, 0.1) is 12.1 Å². The number of aromatic amines is 1. The van der Waals surface area contributed by atoms with Crippen LogP contribution in [0, 0.1) is 6.92 Å². The molecule has 0 bridgehead atoms. The van der Waals surface area contributed by atoms with Gasteiger partial charge in [-0.15, -0.1) is 0 Å². The largest absolute Gasteiger partial charge is 0.398 e. The van der Waals surface area contributed by atoms with Crippen LogP contribution < -0.4 is 11.1 Å². The number of rotatable bonds is 3. The van der Waals surface area contributed by atoms with Gasteiger partial charge in [0, 0.05) is 5.69 Å². The normalized spacial score (nSPS) is 10.2. The first-order valence-corrected chi connectivity index (χ1v) is 5.15. The minimum Gasteiger partial charge on any atom is -0.398 e. The van der Waals surface area contributed by atoms with Crippen LogP contribution in [0.15, 0.2) is 24.5 Å². The Morgan fingerprint density at radius 2 is 2.35 bits per heavy atom. The molecule has 0 saturated carbocycles. The van der Waals surface area contributed by atoms with E-state index < -0.39 is 0 Å². The van der Waals surface area contributed by atoms with Gasteiger partial charge in [-0.3, -0.25) is 9.89 Å². The molecule has 0 atom stereocenters. The lowest BCUT2D eigenvalue weighted by molar-refractivity contribution is 0.0951. The summed E-state index contributed by atoms with van der Waals surface area (Å²) < 4.78 is 0. The van der Waals surface area contributed by atoms with Crippen molar-refractivity contribution in [1.82, 2.24) is 20.5 Å². The van der Waals surface area contributed by atoms with Crippen LogP contribution in [-0.4, -0.2) is 21.1 Å². The Hall–Kier alpha value is -2.37.